The summed E-state index contributed by atoms with van der Waals surface area (Å²) in [5, 5.41) is 3.91. The van der Waals surface area contributed by atoms with E-state index in [1.54, 1.807) is 43.3 Å². The van der Waals surface area contributed by atoms with Gasteiger partial charge in [0.25, 0.3) is 10.0 Å². The van der Waals surface area contributed by atoms with Gasteiger partial charge in [-0.25, -0.2) is 8.42 Å². The van der Waals surface area contributed by atoms with Crippen molar-refractivity contribution in [2.24, 2.45) is 0 Å². The van der Waals surface area contributed by atoms with E-state index in [4.69, 9.17) is 23.2 Å². The minimum Gasteiger partial charge on any atom is -0.325 e. The second-order valence-corrected chi connectivity index (χ2v) is 10.2. The van der Waals surface area contributed by atoms with Crippen molar-refractivity contribution < 1.29 is 13.2 Å². The number of sulfonamides is 1. The van der Waals surface area contributed by atoms with Crippen LogP contribution < -0.4 is 10.0 Å². The zero-order chi connectivity index (χ0) is 22.4. The lowest BCUT2D eigenvalue weighted by atomic mass is 10.2. The van der Waals surface area contributed by atoms with Crippen molar-refractivity contribution >= 4 is 62.3 Å². The van der Waals surface area contributed by atoms with Gasteiger partial charge < -0.3 is 5.32 Å². The number of anilines is 2. The van der Waals surface area contributed by atoms with Gasteiger partial charge in [-0.3, -0.25) is 9.52 Å². The van der Waals surface area contributed by atoms with Gasteiger partial charge in [-0.1, -0.05) is 41.4 Å². The van der Waals surface area contributed by atoms with E-state index in [2.05, 4.69) is 10.0 Å². The van der Waals surface area contributed by atoms with Crippen LogP contribution in [-0.2, 0) is 20.6 Å². The van der Waals surface area contributed by atoms with Gasteiger partial charge in [-0.05, 0) is 66.6 Å². The normalized spacial score (nSPS) is 11.2. The van der Waals surface area contributed by atoms with Gasteiger partial charge in [0.1, 0.15) is 0 Å². The third kappa shape index (κ3) is 6.64. The quantitative estimate of drug-likeness (QED) is 0.404. The van der Waals surface area contributed by atoms with E-state index < -0.39 is 10.0 Å². The Kier molecular flexibility index (Phi) is 7.89. The molecule has 9 heteroatoms. The molecule has 0 spiro atoms. The van der Waals surface area contributed by atoms with Crippen LogP contribution in [0.4, 0.5) is 11.4 Å². The molecular weight excluding hydrogens is 475 g/mol. The molecule has 0 saturated heterocycles. The number of hydrogen-bond donors (Lipinski definition) is 2. The molecule has 3 aromatic carbocycles. The van der Waals surface area contributed by atoms with Crippen molar-refractivity contribution in [3.8, 4) is 0 Å². The van der Waals surface area contributed by atoms with E-state index in [0.717, 1.165) is 5.56 Å². The lowest BCUT2D eigenvalue weighted by Gasteiger charge is -2.12. The van der Waals surface area contributed by atoms with Crippen molar-refractivity contribution in [3.05, 3.63) is 87.9 Å². The lowest BCUT2D eigenvalue weighted by Crippen LogP contribution is -2.15. The average molecular weight is 495 g/mol. The average Bonchev–Trinajstić information content (AvgIpc) is 2.72. The van der Waals surface area contributed by atoms with E-state index in [9.17, 15) is 13.2 Å². The highest BCUT2D eigenvalue weighted by Crippen LogP contribution is 2.26. The van der Waals surface area contributed by atoms with Gasteiger partial charge in [0.2, 0.25) is 5.91 Å². The summed E-state index contributed by atoms with van der Waals surface area (Å²) in [7, 11) is -3.78. The molecule has 0 radical (unpaired) electrons. The van der Waals surface area contributed by atoms with E-state index in [-0.39, 0.29) is 16.6 Å². The highest BCUT2D eigenvalue weighted by Gasteiger charge is 2.16. The first-order chi connectivity index (χ1) is 14.7. The molecule has 0 aliphatic rings. The van der Waals surface area contributed by atoms with E-state index >= 15 is 0 Å². The van der Waals surface area contributed by atoms with Gasteiger partial charge in [0.05, 0.1) is 16.3 Å². The van der Waals surface area contributed by atoms with Crippen LogP contribution in [0.5, 0.6) is 0 Å². The predicted octanol–water partition coefficient (Wildman–Crippen LogP) is 5.97. The molecule has 0 saturated carbocycles. The van der Waals surface area contributed by atoms with Crippen LogP contribution >= 0.6 is 35.0 Å². The number of carbonyl (C=O) groups excluding carboxylic acids is 1. The van der Waals surface area contributed by atoms with Crippen LogP contribution in [-0.4, -0.2) is 20.1 Å². The molecule has 0 aliphatic heterocycles. The Morgan fingerprint density at radius 2 is 1.71 bits per heavy atom. The van der Waals surface area contributed by atoms with E-state index in [1.165, 1.54) is 23.9 Å². The Morgan fingerprint density at radius 3 is 2.42 bits per heavy atom. The standard InChI is InChI=1S/C22H20Cl2N2O3S2/c1-15-20(24)6-3-7-21(15)26-31(28,29)19-10-8-18(9-11-19)25-22(27)14-30-13-16-4-2-5-17(23)12-16/h2-12,26H,13-14H2,1H3,(H,25,27). The fourth-order valence-electron chi connectivity index (χ4n) is 2.72. The van der Waals surface area contributed by atoms with Gasteiger partial charge in [-0.2, -0.15) is 0 Å². The number of carbonyl (C=O) groups is 1. The third-order valence-electron chi connectivity index (χ3n) is 4.35. The summed E-state index contributed by atoms with van der Waals surface area (Å²) in [6.07, 6.45) is 0. The van der Waals surface area contributed by atoms with Gasteiger partial charge in [0.15, 0.2) is 0 Å². The Morgan fingerprint density at radius 1 is 1.00 bits per heavy atom. The second kappa shape index (κ2) is 10.4. The third-order valence-corrected chi connectivity index (χ3v) is 7.38. The van der Waals surface area contributed by atoms with Gasteiger partial charge >= 0.3 is 0 Å². The molecule has 0 aromatic heterocycles. The van der Waals surface area contributed by atoms with Crippen LogP contribution in [0.2, 0.25) is 10.0 Å². The number of rotatable bonds is 8. The molecule has 31 heavy (non-hydrogen) atoms. The number of thioether (sulfide) groups is 1. The Balaban J connectivity index is 1.56. The molecule has 0 unspecified atom stereocenters. The zero-order valence-electron chi connectivity index (χ0n) is 16.6. The Hall–Kier alpha value is -2.19. The fourth-order valence-corrected chi connectivity index (χ4v) is 5.01. The smallest absolute Gasteiger partial charge is 0.261 e. The summed E-state index contributed by atoms with van der Waals surface area (Å²) >= 11 is 13.5. The zero-order valence-corrected chi connectivity index (χ0v) is 19.7. The summed E-state index contributed by atoms with van der Waals surface area (Å²) < 4.78 is 27.8. The van der Waals surface area contributed by atoms with Crippen LogP contribution in [0.15, 0.2) is 71.6 Å². The largest absolute Gasteiger partial charge is 0.325 e. The molecule has 3 aromatic rings. The maximum Gasteiger partial charge on any atom is 0.261 e. The molecule has 1 amide bonds. The van der Waals surface area contributed by atoms with Crippen LogP contribution in [0.1, 0.15) is 11.1 Å². The second-order valence-electron chi connectivity index (χ2n) is 6.71. The number of hydrogen-bond acceptors (Lipinski definition) is 4. The van der Waals surface area contributed by atoms with Crippen LogP contribution in [0.25, 0.3) is 0 Å². The molecule has 0 bridgehead atoms. The first kappa shape index (κ1) is 23.5. The molecule has 162 valence electrons. The van der Waals surface area contributed by atoms with Crippen molar-refractivity contribution in [2.45, 2.75) is 17.6 Å². The highest BCUT2D eigenvalue weighted by atomic mass is 35.5. The van der Waals surface area contributed by atoms with E-state index in [1.807, 2.05) is 18.2 Å². The minimum atomic E-state index is -3.78. The maximum absolute atomic E-state index is 12.6. The molecule has 0 aliphatic carbocycles. The number of benzene rings is 3. The summed E-state index contributed by atoms with van der Waals surface area (Å²) in [6, 6.07) is 18.5. The molecule has 0 fully saturated rings. The summed E-state index contributed by atoms with van der Waals surface area (Å²) in [5.74, 6) is 0.761. The SMILES string of the molecule is Cc1c(Cl)cccc1NS(=O)(=O)c1ccc(NC(=O)CSCc2cccc(Cl)c2)cc1. The Bertz CT molecular complexity index is 1180. The monoisotopic (exact) mass is 494 g/mol. The maximum atomic E-state index is 12.6. The predicted molar refractivity (Wildman–Crippen MR) is 130 cm³/mol. The summed E-state index contributed by atoms with van der Waals surface area (Å²) in [4.78, 5) is 12.2. The number of amides is 1. The van der Waals surface area contributed by atoms with Crippen molar-refractivity contribution in [2.75, 3.05) is 15.8 Å². The Labute approximate surface area is 196 Å². The van der Waals surface area contributed by atoms with E-state index in [0.29, 0.717) is 32.7 Å². The highest BCUT2D eigenvalue weighted by molar-refractivity contribution is 7.99. The molecule has 3 rings (SSSR count). The summed E-state index contributed by atoms with van der Waals surface area (Å²) in [6.45, 7) is 1.74. The molecule has 2 N–H and O–H groups in total. The minimum absolute atomic E-state index is 0.0835. The first-order valence-electron chi connectivity index (χ1n) is 9.24. The van der Waals surface area contributed by atoms with Crippen molar-refractivity contribution in [1.29, 1.82) is 0 Å². The number of halogens is 2. The van der Waals surface area contributed by atoms with Crippen LogP contribution in [0, 0.1) is 6.92 Å². The molecule has 0 atom stereocenters. The van der Waals surface area contributed by atoms with Crippen molar-refractivity contribution in [3.63, 3.8) is 0 Å². The van der Waals surface area contributed by atoms with Gasteiger partial charge in [-0.15, -0.1) is 11.8 Å². The molecule has 0 heterocycles. The van der Waals surface area contributed by atoms with Gasteiger partial charge in [0, 0.05) is 21.5 Å². The molecular formula is C22H20Cl2N2O3S2. The first-order valence-corrected chi connectivity index (χ1v) is 12.6. The molecule has 5 nitrogen and oxygen atoms in total. The topological polar surface area (TPSA) is 75.3 Å². The number of nitrogens with one attached hydrogen (secondary N) is 2. The lowest BCUT2D eigenvalue weighted by molar-refractivity contribution is -0.113. The summed E-state index contributed by atoms with van der Waals surface area (Å²) in [5.41, 5.74) is 2.63. The fraction of sp³-hybridized carbons (Fsp3) is 0.136. The van der Waals surface area contributed by atoms with Crippen molar-refractivity contribution in [1.82, 2.24) is 0 Å². The van der Waals surface area contributed by atoms with Crippen LogP contribution in [0.3, 0.4) is 0 Å².